The topological polar surface area (TPSA) is 68.1 Å². The smallest absolute Gasteiger partial charge is 0.385 e. The first-order valence-corrected chi connectivity index (χ1v) is 12.6. The number of nitrogens with zero attached hydrogens (tertiary/aromatic N) is 2. The summed E-state index contributed by atoms with van der Waals surface area (Å²) < 4.78 is 79.7. The number of benzene rings is 2. The van der Waals surface area contributed by atoms with Crippen molar-refractivity contribution in [3.05, 3.63) is 128 Å². The number of nitrogens with one attached hydrogen (secondary N) is 2. The van der Waals surface area contributed by atoms with Gasteiger partial charge >= 0.3 is 12.4 Å². The monoisotopic (exact) mass is 576 g/mol. The molecule has 41 heavy (non-hydrogen) atoms. The van der Waals surface area contributed by atoms with Gasteiger partial charge in [0, 0.05) is 49.0 Å². The number of aromatic nitrogens is 2. The minimum absolute atomic E-state index is 0.0163. The third kappa shape index (κ3) is 8.26. The molecule has 0 spiro atoms. The summed E-state index contributed by atoms with van der Waals surface area (Å²) in [5.74, 6) is 0. The van der Waals surface area contributed by atoms with Gasteiger partial charge in [-0.25, -0.2) is 0 Å². The maximum absolute atomic E-state index is 12.9. The zero-order valence-electron chi connectivity index (χ0n) is 21.6. The van der Waals surface area contributed by atoms with Crippen LogP contribution in [0.25, 0.3) is 0 Å². The van der Waals surface area contributed by atoms with E-state index in [0.717, 1.165) is 63.6 Å². The number of alkyl halides is 6. The highest BCUT2D eigenvalue weighted by Crippen LogP contribution is 2.29. The summed E-state index contributed by atoms with van der Waals surface area (Å²) in [6, 6.07) is 17.5. The molecule has 0 bridgehead atoms. The van der Waals surface area contributed by atoms with Crippen LogP contribution in [0.3, 0.4) is 0 Å². The molecule has 2 aromatic heterocycles. The van der Waals surface area contributed by atoms with Crippen molar-refractivity contribution < 1.29 is 26.3 Å². The molecule has 0 atom stereocenters. The largest absolute Gasteiger partial charge is 0.417 e. The van der Waals surface area contributed by atoms with Crippen molar-refractivity contribution in [2.75, 3.05) is 23.7 Å². The summed E-state index contributed by atoms with van der Waals surface area (Å²) in [7, 11) is 0. The van der Waals surface area contributed by atoms with Gasteiger partial charge in [-0.3, -0.25) is 9.59 Å². The van der Waals surface area contributed by atoms with Gasteiger partial charge in [-0.15, -0.1) is 0 Å². The zero-order chi connectivity index (χ0) is 29.6. The first-order chi connectivity index (χ1) is 19.4. The minimum Gasteiger partial charge on any atom is -0.385 e. The third-order valence-corrected chi connectivity index (χ3v) is 6.25. The standard InChI is InChI=1S/C29H26F6N4O2/c30-28(31,32)22-6-12-26(40)38(18-22)16-20-2-8-24(9-3-20)36-14-1-15-37-25-10-4-21(5-11-25)17-39-19-23(29(33,34)35)7-13-27(39)41/h2-13,18-19,36-37H,1,14-17H2. The Labute approximate surface area is 230 Å². The van der Waals surface area contributed by atoms with Crippen LogP contribution in [-0.2, 0) is 25.4 Å². The molecule has 0 aliphatic heterocycles. The fourth-order valence-electron chi connectivity index (χ4n) is 4.05. The molecule has 0 amide bonds. The second-order valence-corrected chi connectivity index (χ2v) is 9.36. The van der Waals surface area contributed by atoms with Crippen molar-refractivity contribution in [2.24, 2.45) is 0 Å². The van der Waals surface area contributed by atoms with Crippen LogP contribution in [0.1, 0.15) is 28.7 Å². The summed E-state index contributed by atoms with van der Waals surface area (Å²) in [4.78, 5) is 23.9. The lowest BCUT2D eigenvalue weighted by molar-refractivity contribution is -0.138. The Hall–Kier alpha value is -4.48. The van der Waals surface area contributed by atoms with E-state index >= 15 is 0 Å². The maximum atomic E-state index is 12.9. The van der Waals surface area contributed by atoms with Crippen molar-refractivity contribution in [1.82, 2.24) is 9.13 Å². The molecule has 4 aromatic rings. The average molecular weight is 577 g/mol. The lowest BCUT2D eigenvalue weighted by atomic mass is 10.2. The average Bonchev–Trinajstić information content (AvgIpc) is 2.91. The summed E-state index contributed by atoms with van der Waals surface area (Å²) >= 11 is 0. The lowest BCUT2D eigenvalue weighted by Gasteiger charge is -2.12. The van der Waals surface area contributed by atoms with Crippen LogP contribution in [0.4, 0.5) is 37.7 Å². The molecule has 4 rings (SSSR count). The summed E-state index contributed by atoms with van der Waals surface area (Å²) in [5, 5.41) is 6.50. The number of anilines is 2. The van der Waals surface area contributed by atoms with Crippen LogP contribution >= 0.6 is 0 Å². The van der Waals surface area contributed by atoms with Gasteiger partial charge in [0.15, 0.2) is 0 Å². The second-order valence-electron chi connectivity index (χ2n) is 9.36. The summed E-state index contributed by atoms with van der Waals surface area (Å²) in [5.41, 5.74) is 0.194. The molecule has 2 N–H and O–H groups in total. The van der Waals surface area contributed by atoms with E-state index in [0.29, 0.717) is 24.2 Å². The highest BCUT2D eigenvalue weighted by Gasteiger charge is 2.31. The fraction of sp³-hybridized carbons (Fsp3) is 0.241. The Morgan fingerprint density at radius 1 is 0.537 bits per heavy atom. The van der Waals surface area contributed by atoms with Crippen molar-refractivity contribution in [1.29, 1.82) is 0 Å². The van der Waals surface area contributed by atoms with Gasteiger partial charge in [0.1, 0.15) is 0 Å². The summed E-state index contributed by atoms with van der Waals surface area (Å²) in [6.07, 6.45) is -6.68. The molecular formula is C29H26F6N4O2. The first-order valence-electron chi connectivity index (χ1n) is 12.6. The van der Waals surface area contributed by atoms with E-state index in [-0.39, 0.29) is 13.1 Å². The Kier molecular flexibility index (Phi) is 8.89. The molecule has 12 heteroatoms. The van der Waals surface area contributed by atoms with Gasteiger partial charge in [-0.05, 0) is 53.9 Å². The quantitative estimate of drug-likeness (QED) is 0.178. The van der Waals surface area contributed by atoms with E-state index in [1.54, 1.807) is 48.5 Å². The first kappa shape index (κ1) is 29.5. The zero-order valence-corrected chi connectivity index (χ0v) is 21.6. The Balaban J connectivity index is 1.22. The summed E-state index contributed by atoms with van der Waals surface area (Å²) in [6.45, 7) is 1.30. The van der Waals surface area contributed by atoms with Crippen molar-refractivity contribution in [3.63, 3.8) is 0 Å². The van der Waals surface area contributed by atoms with E-state index in [9.17, 15) is 35.9 Å². The van der Waals surface area contributed by atoms with Gasteiger partial charge in [0.2, 0.25) is 0 Å². The molecular weight excluding hydrogens is 550 g/mol. The molecule has 2 heterocycles. The van der Waals surface area contributed by atoms with E-state index in [4.69, 9.17) is 0 Å². The van der Waals surface area contributed by atoms with Crippen LogP contribution in [0.5, 0.6) is 0 Å². The van der Waals surface area contributed by atoms with Crippen LogP contribution in [0.2, 0.25) is 0 Å². The molecule has 6 nitrogen and oxygen atoms in total. The predicted molar refractivity (Wildman–Crippen MR) is 144 cm³/mol. The number of rotatable bonds is 10. The van der Waals surface area contributed by atoms with Gasteiger partial charge in [-0.1, -0.05) is 24.3 Å². The maximum Gasteiger partial charge on any atom is 0.417 e. The molecule has 0 radical (unpaired) electrons. The van der Waals surface area contributed by atoms with Crippen molar-refractivity contribution in [2.45, 2.75) is 31.9 Å². The Bertz CT molecular complexity index is 1450. The number of hydrogen-bond donors (Lipinski definition) is 2. The van der Waals surface area contributed by atoms with Crippen LogP contribution in [-0.4, -0.2) is 22.2 Å². The molecule has 0 aliphatic carbocycles. The number of pyridine rings is 2. The lowest BCUT2D eigenvalue weighted by Crippen LogP contribution is -2.21. The van der Waals surface area contributed by atoms with E-state index in [2.05, 4.69) is 10.6 Å². The molecule has 216 valence electrons. The molecule has 0 saturated heterocycles. The second kappa shape index (κ2) is 12.4. The van der Waals surface area contributed by atoms with Gasteiger partial charge in [0.05, 0.1) is 24.2 Å². The number of hydrogen-bond acceptors (Lipinski definition) is 4. The fourth-order valence-corrected chi connectivity index (χ4v) is 4.05. The van der Waals surface area contributed by atoms with Crippen LogP contribution < -0.4 is 21.8 Å². The van der Waals surface area contributed by atoms with Crippen LogP contribution in [0, 0.1) is 0 Å². The third-order valence-electron chi connectivity index (χ3n) is 6.25. The van der Waals surface area contributed by atoms with E-state index in [1.165, 1.54) is 0 Å². The minimum atomic E-state index is -4.53. The molecule has 2 aromatic carbocycles. The number of halogens is 6. The SMILES string of the molecule is O=c1ccc(C(F)(F)F)cn1Cc1ccc(NCCCNc2ccc(Cn3cc(C(F)(F)F)ccc3=O)cc2)cc1. The Morgan fingerprint density at radius 2 is 0.902 bits per heavy atom. The Morgan fingerprint density at radius 3 is 1.24 bits per heavy atom. The highest BCUT2D eigenvalue weighted by atomic mass is 19.4. The van der Waals surface area contributed by atoms with Crippen molar-refractivity contribution in [3.8, 4) is 0 Å². The van der Waals surface area contributed by atoms with E-state index in [1.807, 2.05) is 0 Å². The van der Waals surface area contributed by atoms with Crippen molar-refractivity contribution >= 4 is 11.4 Å². The van der Waals surface area contributed by atoms with Gasteiger partial charge < -0.3 is 19.8 Å². The molecule has 0 fully saturated rings. The molecule has 0 saturated carbocycles. The van der Waals surface area contributed by atoms with Crippen LogP contribution in [0.15, 0.2) is 94.8 Å². The normalized spacial score (nSPS) is 11.9. The molecule has 0 unspecified atom stereocenters. The predicted octanol–water partition coefficient (Wildman–Crippen LogP) is 6.06. The molecule has 0 aliphatic rings. The van der Waals surface area contributed by atoms with E-state index < -0.39 is 34.6 Å². The van der Waals surface area contributed by atoms with Gasteiger partial charge in [-0.2, -0.15) is 26.3 Å². The van der Waals surface area contributed by atoms with Gasteiger partial charge in [0.25, 0.3) is 11.1 Å². The highest BCUT2D eigenvalue weighted by molar-refractivity contribution is 5.46.